The van der Waals surface area contributed by atoms with Crippen molar-refractivity contribution in [3.8, 4) is 0 Å². The number of hydrogen-bond donors (Lipinski definition) is 0. The fourth-order valence-corrected chi connectivity index (χ4v) is 3.43. The van der Waals surface area contributed by atoms with Gasteiger partial charge in [-0.3, -0.25) is 14.9 Å². The topological polar surface area (TPSA) is 93.0 Å². The molecule has 1 saturated heterocycles. The number of hydrogen-bond acceptors (Lipinski definition) is 5. The number of likely N-dealkylation sites (tertiary alicyclic amines) is 1. The number of benzene rings is 1. The molecule has 160 valence electrons. The van der Waals surface area contributed by atoms with E-state index in [4.69, 9.17) is 4.74 Å². The maximum Gasteiger partial charge on any atom is 0.410 e. The lowest BCUT2D eigenvalue weighted by molar-refractivity contribution is -0.387. The van der Waals surface area contributed by atoms with Gasteiger partial charge >= 0.3 is 11.8 Å². The van der Waals surface area contributed by atoms with Crippen molar-refractivity contribution in [2.24, 2.45) is 0 Å². The zero-order chi connectivity index (χ0) is 21.9. The van der Waals surface area contributed by atoms with Crippen LogP contribution < -0.4 is 0 Å². The molecule has 1 aliphatic rings. The number of nitro benzene ring substituents is 1. The molecule has 1 aromatic rings. The first-order valence-electron chi connectivity index (χ1n) is 9.65. The second kappa shape index (κ2) is 8.75. The van der Waals surface area contributed by atoms with Crippen LogP contribution in [0.4, 0.5) is 14.9 Å². The summed E-state index contributed by atoms with van der Waals surface area (Å²) in [5, 5.41) is 11.0. The zero-order valence-electron chi connectivity index (χ0n) is 17.5. The first kappa shape index (κ1) is 22.6. The minimum absolute atomic E-state index is 0.0428. The molecule has 1 aliphatic heterocycles. The molecule has 1 fully saturated rings. The Morgan fingerprint density at radius 2 is 2.00 bits per heavy atom. The molecular formula is C20H28FN3O5. The summed E-state index contributed by atoms with van der Waals surface area (Å²) in [7, 11) is 0. The van der Waals surface area contributed by atoms with Gasteiger partial charge in [0, 0.05) is 30.8 Å². The lowest BCUT2D eigenvalue weighted by Crippen LogP contribution is -2.54. The molecule has 1 heterocycles. The van der Waals surface area contributed by atoms with Gasteiger partial charge in [0.05, 0.1) is 11.0 Å². The van der Waals surface area contributed by atoms with E-state index in [1.807, 2.05) is 13.8 Å². The highest BCUT2D eigenvalue weighted by atomic mass is 19.1. The average Bonchev–Trinajstić information content (AvgIpc) is 2.60. The fraction of sp³-hybridized carbons (Fsp3) is 0.600. The predicted octanol–water partition coefficient (Wildman–Crippen LogP) is 3.98. The zero-order valence-corrected chi connectivity index (χ0v) is 17.5. The van der Waals surface area contributed by atoms with Crippen LogP contribution in [0.2, 0.25) is 0 Å². The molecule has 0 bridgehead atoms. The van der Waals surface area contributed by atoms with Gasteiger partial charge < -0.3 is 14.5 Å². The molecule has 9 heteroatoms. The Balaban J connectivity index is 2.24. The highest BCUT2D eigenvalue weighted by molar-refractivity contribution is 5.95. The van der Waals surface area contributed by atoms with E-state index in [2.05, 4.69) is 0 Å². The van der Waals surface area contributed by atoms with Gasteiger partial charge in [-0.25, -0.2) is 4.79 Å². The molecule has 0 radical (unpaired) electrons. The number of nitrogens with zero attached hydrogens (tertiary/aromatic N) is 3. The molecule has 0 unspecified atom stereocenters. The Morgan fingerprint density at radius 1 is 1.34 bits per heavy atom. The molecule has 8 nitrogen and oxygen atoms in total. The molecule has 0 N–H and O–H groups in total. The number of ether oxygens (including phenoxy) is 1. The molecule has 0 aliphatic carbocycles. The van der Waals surface area contributed by atoms with Gasteiger partial charge in [-0.1, -0.05) is 0 Å². The van der Waals surface area contributed by atoms with Crippen molar-refractivity contribution in [1.29, 1.82) is 0 Å². The minimum Gasteiger partial charge on any atom is -0.444 e. The van der Waals surface area contributed by atoms with Gasteiger partial charge in [0.15, 0.2) is 0 Å². The van der Waals surface area contributed by atoms with E-state index >= 15 is 0 Å². The van der Waals surface area contributed by atoms with Gasteiger partial charge in [0.1, 0.15) is 5.60 Å². The number of carbonyl (C=O) groups excluding carboxylic acids is 2. The van der Waals surface area contributed by atoms with Gasteiger partial charge in [0.25, 0.3) is 5.91 Å². The number of rotatable bonds is 4. The summed E-state index contributed by atoms with van der Waals surface area (Å²) in [6.45, 7) is 9.88. The Hall–Kier alpha value is -2.71. The smallest absolute Gasteiger partial charge is 0.410 e. The second-order valence-corrected chi connectivity index (χ2v) is 8.45. The van der Waals surface area contributed by atoms with Crippen molar-refractivity contribution in [3.63, 3.8) is 0 Å². The van der Waals surface area contributed by atoms with E-state index in [9.17, 15) is 24.1 Å². The van der Waals surface area contributed by atoms with Crippen molar-refractivity contribution in [2.75, 3.05) is 13.1 Å². The second-order valence-electron chi connectivity index (χ2n) is 8.45. The monoisotopic (exact) mass is 409 g/mol. The normalized spacial score (nSPS) is 17.2. The summed E-state index contributed by atoms with van der Waals surface area (Å²) >= 11 is 0. The van der Waals surface area contributed by atoms with Crippen LogP contribution in [0.25, 0.3) is 0 Å². The number of nitro groups is 1. The third-order valence-electron chi connectivity index (χ3n) is 4.62. The largest absolute Gasteiger partial charge is 0.444 e. The number of piperidine rings is 1. The lowest BCUT2D eigenvalue weighted by atomic mass is 10.0. The summed E-state index contributed by atoms with van der Waals surface area (Å²) in [5.74, 6) is -1.42. The first-order valence-corrected chi connectivity index (χ1v) is 9.65. The van der Waals surface area contributed by atoms with Crippen LogP contribution in [0, 0.1) is 15.9 Å². The van der Waals surface area contributed by atoms with Gasteiger partial charge in [-0.15, -0.1) is 0 Å². The van der Waals surface area contributed by atoms with Crippen LogP contribution in [-0.2, 0) is 4.74 Å². The van der Waals surface area contributed by atoms with Crippen LogP contribution in [0.1, 0.15) is 57.8 Å². The lowest BCUT2D eigenvalue weighted by Gasteiger charge is -2.41. The molecule has 2 amide bonds. The minimum atomic E-state index is -0.989. The van der Waals surface area contributed by atoms with Gasteiger partial charge in [-0.05, 0) is 59.6 Å². The van der Waals surface area contributed by atoms with E-state index in [0.29, 0.717) is 25.9 Å². The van der Waals surface area contributed by atoms with E-state index in [0.717, 1.165) is 12.1 Å². The number of halogens is 1. The molecule has 1 aromatic carbocycles. The van der Waals surface area contributed by atoms with Crippen molar-refractivity contribution in [3.05, 3.63) is 39.7 Å². The molecule has 0 saturated carbocycles. The quantitative estimate of drug-likeness (QED) is 0.554. The SMILES string of the molecule is CC(C)N(C(=O)c1ccc(F)c([N+](=O)[O-])c1)[C@@H]1CCCN(C(=O)OC(C)(C)C)C1. The third kappa shape index (κ3) is 5.65. The van der Waals surface area contributed by atoms with Crippen LogP contribution in [-0.4, -0.2) is 57.5 Å². The summed E-state index contributed by atoms with van der Waals surface area (Å²) in [6.07, 6.45) is 0.951. The van der Waals surface area contributed by atoms with Crippen molar-refractivity contribution in [1.82, 2.24) is 9.80 Å². The summed E-state index contributed by atoms with van der Waals surface area (Å²) < 4.78 is 19.1. The molecule has 2 rings (SSSR count). The Bertz CT molecular complexity index is 791. The Morgan fingerprint density at radius 3 is 2.55 bits per heavy atom. The predicted molar refractivity (Wildman–Crippen MR) is 105 cm³/mol. The third-order valence-corrected chi connectivity index (χ3v) is 4.62. The first-order chi connectivity index (χ1) is 13.4. The average molecular weight is 409 g/mol. The van der Waals surface area contributed by atoms with Crippen LogP contribution in [0.5, 0.6) is 0 Å². The van der Waals surface area contributed by atoms with Gasteiger partial charge in [-0.2, -0.15) is 4.39 Å². The van der Waals surface area contributed by atoms with Crippen LogP contribution in [0.3, 0.4) is 0 Å². The summed E-state index contributed by atoms with van der Waals surface area (Å²) in [6, 6.07) is 2.65. The Kier molecular flexibility index (Phi) is 6.81. The maximum absolute atomic E-state index is 13.6. The van der Waals surface area contributed by atoms with E-state index < -0.39 is 34.0 Å². The van der Waals surface area contributed by atoms with Crippen molar-refractivity contribution < 1.29 is 23.6 Å². The molecule has 29 heavy (non-hydrogen) atoms. The fourth-order valence-electron chi connectivity index (χ4n) is 3.43. The summed E-state index contributed by atoms with van der Waals surface area (Å²) in [5.41, 5.74) is -1.32. The van der Waals surface area contributed by atoms with E-state index in [-0.39, 0.29) is 17.6 Å². The number of carbonyl (C=O) groups is 2. The van der Waals surface area contributed by atoms with Crippen LogP contribution >= 0.6 is 0 Å². The molecule has 0 spiro atoms. The highest BCUT2D eigenvalue weighted by Gasteiger charge is 2.34. The van der Waals surface area contributed by atoms with Crippen molar-refractivity contribution in [2.45, 2.75) is 65.1 Å². The molecular weight excluding hydrogens is 381 g/mol. The van der Waals surface area contributed by atoms with Crippen molar-refractivity contribution >= 4 is 17.7 Å². The maximum atomic E-state index is 13.6. The van der Waals surface area contributed by atoms with Gasteiger partial charge in [0.2, 0.25) is 5.82 Å². The number of amides is 2. The van der Waals surface area contributed by atoms with Crippen LogP contribution in [0.15, 0.2) is 18.2 Å². The summed E-state index contributed by atoms with van der Waals surface area (Å²) in [4.78, 5) is 38.9. The van der Waals surface area contributed by atoms with E-state index in [1.54, 1.807) is 30.6 Å². The molecule has 1 atom stereocenters. The Labute approximate surface area is 169 Å². The standard InChI is InChI=1S/C20H28FN3O5/c1-13(2)23(18(25)14-8-9-16(21)17(11-14)24(27)28)15-7-6-10-22(12-15)19(26)29-20(3,4)5/h8-9,11,13,15H,6-7,10,12H2,1-5H3/t15-/m1/s1. The molecule has 0 aromatic heterocycles. The highest BCUT2D eigenvalue weighted by Crippen LogP contribution is 2.25. The van der Waals surface area contributed by atoms with E-state index in [1.165, 1.54) is 6.07 Å².